The van der Waals surface area contributed by atoms with Gasteiger partial charge in [-0.3, -0.25) is 19.7 Å². The Balaban J connectivity index is 1.54. The molecule has 1 heterocycles. The fourth-order valence-electron chi connectivity index (χ4n) is 5.12. The third-order valence-corrected chi connectivity index (χ3v) is 6.35. The fourth-order valence-corrected chi connectivity index (χ4v) is 5.12. The van der Waals surface area contributed by atoms with Crippen molar-refractivity contribution >= 4 is 28.8 Å². The number of benzene rings is 2. The van der Waals surface area contributed by atoms with Crippen molar-refractivity contribution in [3.8, 4) is 0 Å². The first-order valence-electron chi connectivity index (χ1n) is 9.55. The second kappa shape index (κ2) is 6.24. The summed E-state index contributed by atoms with van der Waals surface area (Å²) in [5.74, 6) is -1.63. The lowest BCUT2D eigenvalue weighted by Crippen LogP contribution is -2.33. The molecule has 2 amide bonds. The van der Waals surface area contributed by atoms with Gasteiger partial charge in [-0.25, -0.2) is 4.90 Å². The summed E-state index contributed by atoms with van der Waals surface area (Å²) >= 11 is 0. The van der Waals surface area contributed by atoms with E-state index in [1.54, 1.807) is 6.07 Å². The minimum atomic E-state index is -0.523. The van der Waals surface area contributed by atoms with Gasteiger partial charge >= 0.3 is 0 Å². The standard InChI is InChI=1S/C23H18N2O4/c1-13(14-6-3-2-4-7-14)19-17-10-11-18(19)21-20(17)22(26)24(23(21)27)15-8-5-9-16(12-15)25(28)29/h2-12,17-18,20-21H,1H3/t17-,18-,20-,21+/m1/s1. The van der Waals surface area contributed by atoms with Gasteiger partial charge < -0.3 is 0 Å². The molecule has 2 aromatic rings. The summed E-state index contributed by atoms with van der Waals surface area (Å²) in [7, 11) is 0. The van der Waals surface area contributed by atoms with Gasteiger partial charge in [0, 0.05) is 24.0 Å². The van der Waals surface area contributed by atoms with Gasteiger partial charge in [-0.2, -0.15) is 0 Å². The predicted molar refractivity (Wildman–Crippen MR) is 108 cm³/mol. The van der Waals surface area contributed by atoms with Crippen molar-refractivity contribution < 1.29 is 14.5 Å². The summed E-state index contributed by atoms with van der Waals surface area (Å²) in [6.45, 7) is 2.05. The van der Waals surface area contributed by atoms with Crippen molar-refractivity contribution in [2.75, 3.05) is 4.90 Å². The number of nitro groups is 1. The van der Waals surface area contributed by atoms with E-state index in [0.717, 1.165) is 21.6 Å². The van der Waals surface area contributed by atoms with Crippen molar-refractivity contribution in [3.05, 3.63) is 88.0 Å². The lowest BCUT2D eigenvalue weighted by atomic mass is 9.85. The fraction of sp³-hybridized carbons (Fsp3) is 0.217. The molecule has 1 saturated heterocycles. The predicted octanol–water partition coefficient (Wildman–Crippen LogP) is 3.99. The second-order valence-corrected chi connectivity index (χ2v) is 7.72. The van der Waals surface area contributed by atoms with Crippen molar-refractivity contribution in [2.45, 2.75) is 6.92 Å². The molecule has 0 aromatic heterocycles. The van der Waals surface area contributed by atoms with Crippen molar-refractivity contribution in [3.63, 3.8) is 0 Å². The Morgan fingerprint density at radius 3 is 2.14 bits per heavy atom. The number of carbonyl (C=O) groups excluding carboxylic acids is 2. The number of rotatable bonds is 3. The molecule has 5 rings (SSSR count). The molecule has 3 aliphatic rings. The van der Waals surface area contributed by atoms with Gasteiger partial charge in [-0.15, -0.1) is 0 Å². The topological polar surface area (TPSA) is 80.5 Å². The van der Waals surface area contributed by atoms with E-state index < -0.39 is 16.8 Å². The molecule has 0 spiro atoms. The quantitative estimate of drug-likeness (QED) is 0.346. The molecule has 0 radical (unpaired) electrons. The van der Waals surface area contributed by atoms with E-state index in [9.17, 15) is 19.7 Å². The molecule has 0 N–H and O–H groups in total. The average Bonchev–Trinajstić information content (AvgIpc) is 3.37. The molecule has 2 aromatic carbocycles. The molecular formula is C23H18N2O4. The maximum absolute atomic E-state index is 13.3. The van der Waals surface area contributed by atoms with Crippen LogP contribution in [0.2, 0.25) is 0 Å². The molecule has 1 saturated carbocycles. The molecule has 29 heavy (non-hydrogen) atoms. The number of anilines is 1. The van der Waals surface area contributed by atoms with Crippen LogP contribution >= 0.6 is 0 Å². The van der Waals surface area contributed by atoms with E-state index in [-0.39, 0.29) is 35.0 Å². The Labute approximate surface area is 167 Å². The zero-order valence-electron chi connectivity index (χ0n) is 15.7. The van der Waals surface area contributed by atoms with Crippen LogP contribution < -0.4 is 4.90 Å². The van der Waals surface area contributed by atoms with E-state index >= 15 is 0 Å². The largest absolute Gasteiger partial charge is 0.274 e. The number of non-ortho nitro benzene ring substituents is 1. The molecule has 6 heteroatoms. The summed E-state index contributed by atoms with van der Waals surface area (Å²) in [5.41, 5.74) is 3.49. The van der Waals surface area contributed by atoms with Crippen LogP contribution in [0.1, 0.15) is 12.5 Å². The summed E-state index contributed by atoms with van der Waals surface area (Å²) in [4.78, 5) is 38.2. The third-order valence-electron chi connectivity index (χ3n) is 6.35. The van der Waals surface area contributed by atoms with Crippen molar-refractivity contribution in [1.29, 1.82) is 0 Å². The van der Waals surface area contributed by atoms with Gasteiger partial charge in [-0.1, -0.05) is 54.1 Å². The maximum Gasteiger partial charge on any atom is 0.271 e. The number of hydrogen-bond donors (Lipinski definition) is 0. The van der Waals surface area contributed by atoms with Crippen molar-refractivity contribution in [1.82, 2.24) is 0 Å². The molecule has 2 fully saturated rings. The van der Waals surface area contributed by atoms with Gasteiger partial charge in [-0.05, 0) is 24.1 Å². The number of nitro benzene ring substituents is 1. The third kappa shape index (κ3) is 2.42. The van der Waals surface area contributed by atoms with Crippen LogP contribution in [0.4, 0.5) is 11.4 Å². The van der Waals surface area contributed by atoms with Crippen LogP contribution in [0, 0.1) is 33.8 Å². The molecule has 2 aliphatic carbocycles. The second-order valence-electron chi connectivity index (χ2n) is 7.72. The Kier molecular flexibility index (Phi) is 3.77. The van der Waals surface area contributed by atoms with E-state index in [1.165, 1.54) is 18.2 Å². The number of allylic oxidation sites excluding steroid dienone is 4. The van der Waals surface area contributed by atoms with Crippen LogP contribution in [0.5, 0.6) is 0 Å². The van der Waals surface area contributed by atoms with Crippen LogP contribution in [0.15, 0.2) is 72.3 Å². The summed E-state index contributed by atoms with van der Waals surface area (Å²) in [5, 5.41) is 11.1. The number of hydrogen-bond acceptors (Lipinski definition) is 4. The summed E-state index contributed by atoms with van der Waals surface area (Å²) in [6, 6.07) is 15.7. The van der Waals surface area contributed by atoms with Gasteiger partial charge in [0.25, 0.3) is 5.69 Å². The highest BCUT2D eigenvalue weighted by molar-refractivity contribution is 6.23. The molecule has 144 valence electrons. The lowest BCUT2D eigenvalue weighted by molar-refractivity contribution is -0.384. The first-order valence-corrected chi connectivity index (χ1v) is 9.55. The van der Waals surface area contributed by atoms with Crippen LogP contribution in [0.3, 0.4) is 0 Å². The van der Waals surface area contributed by atoms with Gasteiger partial charge in [0.15, 0.2) is 0 Å². The Bertz CT molecular complexity index is 1080. The molecule has 0 unspecified atom stereocenters. The number of amides is 2. The number of imide groups is 1. The van der Waals surface area contributed by atoms with Gasteiger partial charge in [0.05, 0.1) is 22.4 Å². The number of carbonyl (C=O) groups is 2. The first kappa shape index (κ1) is 17.6. The van der Waals surface area contributed by atoms with E-state index in [4.69, 9.17) is 0 Å². The number of nitrogens with zero attached hydrogens (tertiary/aromatic N) is 2. The summed E-state index contributed by atoms with van der Waals surface area (Å²) in [6.07, 6.45) is 4.07. The highest BCUT2D eigenvalue weighted by Crippen LogP contribution is 2.58. The Morgan fingerprint density at radius 2 is 1.55 bits per heavy atom. The average molecular weight is 386 g/mol. The first-order chi connectivity index (χ1) is 14.0. The highest BCUT2D eigenvalue weighted by atomic mass is 16.6. The molecule has 1 aliphatic heterocycles. The zero-order chi connectivity index (χ0) is 20.3. The highest BCUT2D eigenvalue weighted by Gasteiger charge is 2.62. The maximum atomic E-state index is 13.3. The van der Waals surface area contributed by atoms with Crippen LogP contribution in [-0.4, -0.2) is 16.7 Å². The van der Waals surface area contributed by atoms with Crippen molar-refractivity contribution in [2.24, 2.45) is 23.7 Å². The Hall–Kier alpha value is -3.54. The molecule has 2 bridgehead atoms. The van der Waals surface area contributed by atoms with Crippen LogP contribution in [0.25, 0.3) is 5.57 Å². The van der Waals surface area contributed by atoms with Gasteiger partial charge in [0.2, 0.25) is 11.8 Å². The monoisotopic (exact) mass is 386 g/mol. The lowest BCUT2D eigenvalue weighted by Gasteiger charge is -2.20. The number of fused-ring (bicyclic) bond motifs is 5. The van der Waals surface area contributed by atoms with Gasteiger partial charge in [0.1, 0.15) is 0 Å². The normalized spacial score (nSPS) is 28.8. The van der Waals surface area contributed by atoms with E-state index in [1.807, 2.05) is 49.4 Å². The minimum absolute atomic E-state index is 0.106. The molecule has 4 atom stereocenters. The summed E-state index contributed by atoms with van der Waals surface area (Å²) < 4.78 is 0. The molecular weight excluding hydrogens is 368 g/mol. The van der Waals surface area contributed by atoms with E-state index in [2.05, 4.69) is 0 Å². The smallest absolute Gasteiger partial charge is 0.271 e. The van der Waals surface area contributed by atoms with E-state index in [0.29, 0.717) is 0 Å². The molecule has 6 nitrogen and oxygen atoms in total. The minimum Gasteiger partial charge on any atom is -0.274 e. The SMILES string of the molecule is CC(=C1[C@H]2C=C[C@H]1[C@H]1C(=O)N(c3cccc([N+](=O)[O-])c3)C(=O)[C@H]12)c1ccccc1. The van der Waals surface area contributed by atoms with Crippen LogP contribution in [-0.2, 0) is 9.59 Å². The zero-order valence-corrected chi connectivity index (χ0v) is 15.7. The Morgan fingerprint density at radius 1 is 0.931 bits per heavy atom.